The topological polar surface area (TPSA) is 100 Å². The highest BCUT2D eigenvalue weighted by atomic mass is 16.5. The number of nitrogens with zero attached hydrogens (tertiary/aromatic N) is 1. The van der Waals surface area contributed by atoms with Crippen LogP contribution in [0.15, 0.2) is 29.8 Å². The normalized spacial score (nSPS) is 11.3. The second-order valence-electron chi connectivity index (χ2n) is 7.17. The highest BCUT2D eigenvalue weighted by molar-refractivity contribution is 6.05. The Labute approximate surface area is 170 Å². The summed E-state index contributed by atoms with van der Waals surface area (Å²) in [5.74, 6) is -1.11. The molecule has 0 bridgehead atoms. The molecule has 0 fully saturated rings. The Balaban J connectivity index is 2.10. The molecule has 1 aromatic carbocycles. The largest absolute Gasteiger partial charge is 0.453 e. The molecule has 0 radical (unpaired) electrons. The van der Waals surface area contributed by atoms with Crippen molar-refractivity contribution >= 4 is 23.6 Å². The third kappa shape index (κ3) is 5.08. The lowest BCUT2D eigenvalue weighted by molar-refractivity contribution is -0.137. The summed E-state index contributed by atoms with van der Waals surface area (Å²) in [7, 11) is 0. The molecule has 0 saturated carbocycles. The van der Waals surface area contributed by atoms with Crippen LogP contribution in [-0.4, -0.2) is 29.1 Å². The van der Waals surface area contributed by atoms with E-state index in [1.165, 1.54) is 13.0 Å². The van der Waals surface area contributed by atoms with E-state index in [1.54, 1.807) is 13.8 Å². The first-order valence-electron chi connectivity index (χ1n) is 9.27. The standard InChI is InChI=1S/C23H24N2O4/c1-13(2)18-8-6-17(7-9-18)10-19(11-24)23(28)29-12-20(27)22-14(3)21(16(5)26)15(4)25-22/h6-10,13,25H,12H2,1-5H3/b19-10+. The Morgan fingerprint density at radius 2 is 1.79 bits per heavy atom. The van der Waals surface area contributed by atoms with Gasteiger partial charge in [-0.1, -0.05) is 38.1 Å². The van der Waals surface area contributed by atoms with Gasteiger partial charge in [-0.25, -0.2) is 4.79 Å². The van der Waals surface area contributed by atoms with Gasteiger partial charge in [-0.15, -0.1) is 0 Å². The van der Waals surface area contributed by atoms with E-state index in [2.05, 4.69) is 18.8 Å². The second kappa shape index (κ2) is 9.16. The quantitative estimate of drug-likeness (QED) is 0.328. The molecule has 0 atom stereocenters. The number of aromatic amines is 1. The molecule has 2 aromatic rings. The molecule has 0 spiro atoms. The van der Waals surface area contributed by atoms with E-state index < -0.39 is 18.4 Å². The number of benzene rings is 1. The van der Waals surface area contributed by atoms with E-state index in [4.69, 9.17) is 4.74 Å². The van der Waals surface area contributed by atoms with Crippen LogP contribution < -0.4 is 0 Å². The van der Waals surface area contributed by atoms with Gasteiger partial charge in [0.25, 0.3) is 0 Å². The molecule has 6 nitrogen and oxygen atoms in total. The lowest BCUT2D eigenvalue weighted by Crippen LogP contribution is -2.16. The Morgan fingerprint density at radius 1 is 1.17 bits per heavy atom. The van der Waals surface area contributed by atoms with E-state index in [0.717, 1.165) is 5.56 Å². The van der Waals surface area contributed by atoms with Gasteiger partial charge in [0.2, 0.25) is 5.78 Å². The van der Waals surface area contributed by atoms with Crippen LogP contribution in [0.25, 0.3) is 6.08 Å². The second-order valence-corrected chi connectivity index (χ2v) is 7.17. The van der Waals surface area contributed by atoms with Crippen molar-refractivity contribution in [3.63, 3.8) is 0 Å². The van der Waals surface area contributed by atoms with Gasteiger partial charge in [-0.2, -0.15) is 5.26 Å². The summed E-state index contributed by atoms with van der Waals surface area (Å²) in [4.78, 5) is 39.2. The molecule has 0 aliphatic carbocycles. The average molecular weight is 392 g/mol. The number of hydrogen-bond acceptors (Lipinski definition) is 5. The van der Waals surface area contributed by atoms with E-state index >= 15 is 0 Å². The molecular weight excluding hydrogens is 368 g/mol. The number of ether oxygens (including phenoxy) is 1. The zero-order chi connectivity index (χ0) is 21.7. The fourth-order valence-electron chi connectivity index (χ4n) is 3.12. The summed E-state index contributed by atoms with van der Waals surface area (Å²) < 4.78 is 5.03. The Morgan fingerprint density at radius 3 is 2.28 bits per heavy atom. The van der Waals surface area contributed by atoms with Gasteiger partial charge < -0.3 is 9.72 Å². The molecule has 1 heterocycles. The number of esters is 1. The van der Waals surface area contributed by atoms with Crippen molar-refractivity contribution in [2.45, 2.75) is 40.5 Å². The van der Waals surface area contributed by atoms with Crippen molar-refractivity contribution in [2.75, 3.05) is 6.61 Å². The van der Waals surface area contributed by atoms with Gasteiger partial charge in [0, 0.05) is 11.3 Å². The van der Waals surface area contributed by atoms with Crippen LogP contribution in [0.1, 0.15) is 69.9 Å². The van der Waals surface area contributed by atoms with Crippen LogP contribution in [0.4, 0.5) is 0 Å². The molecule has 6 heteroatoms. The number of H-pyrrole nitrogens is 1. The van der Waals surface area contributed by atoms with Gasteiger partial charge in [0.05, 0.1) is 5.69 Å². The predicted molar refractivity (Wildman–Crippen MR) is 110 cm³/mol. The minimum atomic E-state index is -0.874. The van der Waals surface area contributed by atoms with Crippen molar-refractivity contribution in [3.8, 4) is 6.07 Å². The van der Waals surface area contributed by atoms with Crippen LogP contribution in [0.2, 0.25) is 0 Å². The van der Waals surface area contributed by atoms with Crippen molar-refractivity contribution < 1.29 is 19.1 Å². The molecule has 0 aliphatic rings. The molecule has 1 N–H and O–H groups in total. The molecule has 1 aromatic heterocycles. The van der Waals surface area contributed by atoms with Crippen molar-refractivity contribution in [2.24, 2.45) is 0 Å². The van der Waals surface area contributed by atoms with Crippen molar-refractivity contribution in [3.05, 3.63) is 63.5 Å². The summed E-state index contributed by atoms with van der Waals surface area (Å²) in [5, 5.41) is 9.28. The van der Waals surface area contributed by atoms with E-state index in [1.807, 2.05) is 30.3 Å². The molecule has 0 unspecified atom stereocenters. The Hall–Kier alpha value is -3.46. The maximum absolute atomic E-state index is 12.4. The number of aryl methyl sites for hydroxylation is 1. The molecule has 0 saturated heterocycles. The fourth-order valence-corrected chi connectivity index (χ4v) is 3.12. The van der Waals surface area contributed by atoms with Crippen LogP contribution in [0.5, 0.6) is 0 Å². The molecule has 150 valence electrons. The highest BCUT2D eigenvalue weighted by Crippen LogP contribution is 2.19. The zero-order valence-electron chi connectivity index (χ0n) is 17.3. The molecule has 2 rings (SSSR count). The van der Waals surface area contributed by atoms with E-state index in [0.29, 0.717) is 28.3 Å². The first kappa shape index (κ1) is 21.8. The van der Waals surface area contributed by atoms with Crippen LogP contribution in [-0.2, 0) is 9.53 Å². The Bertz CT molecular complexity index is 1020. The first-order valence-corrected chi connectivity index (χ1v) is 9.27. The maximum atomic E-state index is 12.4. The van der Waals surface area contributed by atoms with Crippen LogP contribution in [0.3, 0.4) is 0 Å². The van der Waals surface area contributed by atoms with Crippen LogP contribution >= 0.6 is 0 Å². The summed E-state index contributed by atoms with van der Waals surface area (Å²) in [6.07, 6.45) is 1.43. The number of hydrogen-bond donors (Lipinski definition) is 1. The third-order valence-corrected chi connectivity index (χ3v) is 4.66. The Kier molecular flexibility index (Phi) is 6.89. The number of carbonyl (C=O) groups excluding carboxylic acids is 3. The van der Waals surface area contributed by atoms with Gasteiger partial charge in [0.15, 0.2) is 12.4 Å². The monoisotopic (exact) mass is 392 g/mol. The van der Waals surface area contributed by atoms with E-state index in [9.17, 15) is 19.6 Å². The van der Waals surface area contributed by atoms with E-state index in [-0.39, 0.29) is 17.1 Å². The maximum Gasteiger partial charge on any atom is 0.349 e. The molecule has 0 amide bonds. The lowest BCUT2D eigenvalue weighted by Gasteiger charge is -2.06. The molecule has 29 heavy (non-hydrogen) atoms. The SMILES string of the molecule is CC(=O)c1c(C)[nH]c(C(=O)COC(=O)/C(C#N)=C/c2ccc(C(C)C)cc2)c1C. The summed E-state index contributed by atoms with van der Waals surface area (Å²) >= 11 is 0. The third-order valence-electron chi connectivity index (χ3n) is 4.66. The number of aromatic nitrogens is 1. The molecule has 0 aliphatic heterocycles. The molecular formula is C23H24N2O4. The number of nitriles is 1. The van der Waals surface area contributed by atoms with Gasteiger partial charge in [-0.05, 0) is 49.5 Å². The average Bonchev–Trinajstić information content (AvgIpc) is 2.98. The number of nitrogens with one attached hydrogen (secondary N) is 1. The van der Waals surface area contributed by atoms with Gasteiger partial charge in [-0.3, -0.25) is 9.59 Å². The zero-order valence-corrected chi connectivity index (χ0v) is 17.3. The minimum Gasteiger partial charge on any atom is -0.453 e. The summed E-state index contributed by atoms with van der Waals surface area (Å²) in [5.41, 5.74) is 3.45. The number of rotatable bonds is 7. The summed E-state index contributed by atoms with van der Waals surface area (Å²) in [6, 6.07) is 9.32. The predicted octanol–water partition coefficient (Wildman–Crippen LogP) is 4.29. The van der Waals surface area contributed by atoms with Crippen molar-refractivity contribution in [1.29, 1.82) is 5.26 Å². The smallest absolute Gasteiger partial charge is 0.349 e. The highest BCUT2D eigenvalue weighted by Gasteiger charge is 2.21. The number of ketones is 2. The lowest BCUT2D eigenvalue weighted by atomic mass is 10.0. The number of carbonyl (C=O) groups is 3. The van der Waals surface area contributed by atoms with Crippen molar-refractivity contribution in [1.82, 2.24) is 4.98 Å². The number of Topliss-reactive ketones (excluding diaryl/α,β-unsaturated/α-hetero) is 2. The van der Waals surface area contributed by atoms with Crippen LogP contribution in [0, 0.1) is 25.2 Å². The first-order chi connectivity index (χ1) is 13.6. The van der Waals surface area contributed by atoms with Gasteiger partial charge >= 0.3 is 5.97 Å². The fraction of sp³-hybridized carbons (Fsp3) is 0.304. The minimum absolute atomic E-state index is 0.148. The van der Waals surface area contributed by atoms with Gasteiger partial charge in [0.1, 0.15) is 11.6 Å². The summed E-state index contributed by atoms with van der Waals surface area (Å²) in [6.45, 7) is 8.42.